The van der Waals surface area contributed by atoms with Gasteiger partial charge in [0.1, 0.15) is 5.82 Å². The predicted octanol–water partition coefficient (Wildman–Crippen LogP) is 4.18. The first-order chi connectivity index (χ1) is 9.65. The number of pyridine rings is 1. The SMILES string of the molecule is CCNC(c1cc(Cl)cnc1N)C1CCCC(CC)C1. The van der Waals surface area contributed by atoms with Crippen LogP contribution in [0.25, 0.3) is 0 Å². The highest BCUT2D eigenvalue weighted by molar-refractivity contribution is 6.30. The van der Waals surface area contributed by atoms with Crippen LogP contribution >= 0.6 is 11.6 Å². The summed E-state index contributed by atoms with van der Waals surface area (Å²) in [6.07, 6.45) is 8.13. The predicted molar refractivity (Wildman–Crippen MR) is 85.8 cm³/mol. The van der Waals surface area contributed by atoms with Crippen molar-refractivity contribution in [3.05, 3.63) is 22.8 Å². The quantitative estimate of drug-likeness (QED) is 0.856. The van der Waals surface area contributed by atoms with Crippen LogP contribution in [0, 0.1) is 11.8 Å². The van der Waals surface area contributed by atoms with Crippen LogP contribution < -0.4 is 11.1 Å². The Kier molecular flexibility index (Phi) is 5.67. The van der Waals surface area contributed by atoms with Gasteiger partial charge >= 0.3 is 0 Å². The van der Waals surface area contributed by atoms with Gasteiger partial charge in [0, 0.05) is 17.8 Å². The van der Waals surface area contributed by atoms with Crippen molar-refractivity contribution in [2.45, 2.75) is 52.0 Å². The minimum atomic E-state index is 0.278. The second kappa shape index (κ2) is 7.28. The second-order valence-electron chi connectivity index (χ2n) is 5.86. The number of nitrogen functional groups attached to an aromatic ring is 1. The van der Waals surface area contributed by atoms with E-state index in [4.69, 9.17) is 17.3 Å². The van der Waals surface area contributed by atoms with Gasteiger partial charge in [-0.15, -0.1) is 0 Å². The summed E-state index contributed by atoms with van der Waals surface area (Å²) in [7, 11) is 0. The molecule has 1 aromatic rings. The third kappa shape index (κ3) is 3.64. The van der Waals surface area contributed by atoms with E-state index in [0.717, 1.165) is 18.0 Å². The van der Waals surface area contributed by atoms with E-state index in [2.05, 4.69) is 24.1 Å². The smallest absolute Gasteiger partial charge is 0.128 e. The lowest BCUT2D eigenvalue weighted by Gasteiger charge is -2.35. The fourth-order valence-electron chi connectivity index (χ4n) is 3.47. The molecule has 0 radical (unpaired) electrons. The Labute approximate surface area is 127 Å². The van der Waals surface area contributed by atoms with E-state index in [1.807, 2.05) is 6.07 Å². The highest BCUT2D eigenvalue weighted by Crippen LogP contribution is 2.39. The summed E-state index contributed by atoms with van der Waals surface area (Å²) in [6.45, 7) is 5.37. The zero-order valence-corrected chi connectivity index (χ0v) is 13.3. The van der Waals surface area contributed by atoms with Gasteiger partial charge in [0.2, 0.25) is 0 Å². The van der Waals surface area contributed by atoms with Crippen molar-refractivity contribution in [2.75, 3.05) is 12.3 Å². The maximum absolute atomic E-state index is 6.11. The average Bonchev–Trinajstić information content (AvgIpc) is 2.47. The highest BCUT2D eigenvalue weighted by Gasteiger charge is 2.29. The standard InChI is InChI=1S/C16H26ClN3/c1-3-11-6-5-7-12(8-11)15(19-4-2)14-9-13(17)10-20-16(14)18/h9-12,15,19H,3-8H2,1-2H3,(H2,18,20). The summed E-state index contributed by atoms with van der Waals surface area (Å²) in [4.78, 5) is 4.22. The van der Waals surface area contributed by atoms with Gasteiger partial charge in [-0.2, -0.15) is 0 Å². The van der Waals surface area contributed by atoms with Crippen molar-refractivity contribution in [3.8, 4) is 0 Å². The summed E-state index contributed by atoms with van der Waals surface area (Å²) in [5, 5.41) is 4.27. The Bertz CT molecular complexity index is 436. The summed E-state index contributed by atoms with van der Waals surface area (Å²) >= 11 is 6.11. The molecule has 0 aromatic carbocycles. The lowest BCUT2D eigenvalue weighted by atomic mass is 9.75. The molecule has 1 saturated carbocycles. The van der Waals surface area contributed by atoms with Crippen molar-refractivity contribution in [1.82, 2.24) is 10.3 Å². The fraction of sp³-hybridized carbons (Fsp3) is 0.688. The average molecular weight is 296 g/mol. The molecule has 1 heterocycles. The molecule has 1 aromatic heterocycles. The minimum Gasteiger partial charge on any atom is -0.383 e. The maximum Gasteiger partial charge on any atom is 0.128 e. The molecule has 3 nitrogen and oxygen atoms in total. The normalized spacial score (nSPS) is 24.6. The number of nitrogens with two attached hydrogens (primary N) is 1. The van der Waals surface area contributed by atoms with Crippen molar-refractivity contribution in [2.24, 2.45) is 11.8 Å². The maximum atomic E-state index is 6.11. The molecule has 2 rings (SSSR count). The topological polar surface area (TPSA) is 50.9 Å². The van der Waals surface area contributed by atoms with Crippen LogP contribution in [0.1, 0.15) is 57.6 Å². The molecule has 1 fully saturated rings. The van der Waals surface area contributed by atoms with Crippen molar-refractivity contribution < 1.29 is 0 Å². The second-order valence-corrected chi connectivity index (χ2v) is 6.30. The Morgan fingerprint density at radius 1 is 1.45 bits per heavy atom. The molecule has 1 aliphatic rings. The van der Waals surface area contributed by atoms with Crippen LogP contribution in [-0.2, 0) is 0 Å². The third-order valence-electron chi connectivity index (χ3n) is 4.55. The van der Waals surface area contributed by atoms with E-state index < -0.39 is 0 Å². The molecule has 0 saturated heterocycles. The number of anilines is 1. The molecular weight excluding hydrogens is 270 g/mol. The van der Waals surface area contributed by atoms with Crippen molar-refractivity contribution in [3.63, 3.8) is 0 Å². The number of rotatable bonds is 5. The van der Waals surface area contributed by atoms with Crippen LogP contribution in [-0.4, -0.2) is 11.5 Å². The van der Waals surface area contributed by atoms with Gasteiger partial charge in [0.25, 0.3) is 0 Å². The molecule has 1 aliphatic carbocycles. The number of aromatic nitrogens is 1. The molecule has 112 valence electrons. The molecule has 3 atom stereocenters. The van der Waals surface area contributed by atoms with E-state index in [0.29, 0.717) is 16.8 Å². The highest BCUT2D eigenvalue weighted by atomic mass is 35.5. The van der Waals surface area contributed by atoms with Gasteiger partial charge in [-0.3, -0.25) is 0 Å². The lowest BCUT2D eigenvalue weighted by molar-refractivity contribution is 0.211. The molecule has 0 spiro atoms. The van der Waals surface area contributed by atoms with E-state index in [9.17, 15) is 0 Å². The molecule has 0 bridgehead atoms. The first-order valence-corrected chi connectivity index (χ1v) is 8.17. The molecular formula is C16H26ClN3. The first-order valence-electron chi connectivity index (χ1n) is 7.80. The van der Waals surface area contributed by atoms with Crippen LogP contribution in [0.5, 0.6) is 0 Å². The Morgan fingerprint density at radius 3 is 2.95 bits per heavy atom. The summed E-state index contributed by atoms with van der Waals surface area (Å²) in [5.74, 6) is 2.10. The van der Waals surface area contributed by atoms with E-state index >= 15 is 0 Å². The van der Waals surface area contributed by atoms with Gasteiger partial charge < -0.3 is 11.1 Å². The number of nitrogens with zero attached hydrogens (tertiary/aromatic N) is 1. The van der Waals surface area contributed by atoms with Gasteiger partial charge in [-0.25, -0.2) is 4.98 Å². The van der Waals surface area contributed by atoms with Crippen molar-refractivity contribution >= 4 is 17.4 Å². The summed E-state index contributed by atoms with van der Waals surface area (Å²) < 4.78 is 0. The molecule has 20 heavy (non-hydrogen) atoms. The monoisotopic (exact) mass is 295 g/mol. The van der Waals surface area contributed by atoms with E-state index in [-0.39, 0.29) is 6.04 Å². The largest absolute Gasteiger partial charge is 0.383 e. The van der Waals surface area contributed by atoms with Gasteiger partial charge in [-0.05, 0) is 37.3 Å². The lowest BCUT2D eigenvalue weighted by Crippen LogP contribution is -2.32. The molecule has 0 amide bonds. The molecule has 3 unspecified atom stereocenters. The summed E-state index contributed by atoms with van der Waals surface area (Å²) in [5.41, 5.74) is 7.16. The number of nitrogens with one attached hydrogen (secondary N) is 1. The molecule has 4 heteroatoms. The van der Waals surface area contributed by atoms with Crippen molar-refractivity contribution in [1.29, 1.82) is 0 Å². The minimum absolute atomic E-state index is 0.278. The van der Waals surface area contributed by atoms with E-state index in [1.165, 1.54) is 32.1 Å². The number of hydrogen-bond acceptors (Lipinski definition) is 3. The Hall–Kier alpha value is -0.800. The van der Waals surface area contributed by atoms with Crippen LogP contribution in [0.4, 0.5) is 5.82 Å². The number of halogens is 1. The Balaban J connectivity index is 2.23. The van der Waals surface area contributed by atoms with Gasteiger partial charge in [0.05, 0.1) is 5.02 Å². The Morgan fingerprint density at radius 2 is 2.25 bits per heavy atom. The number of hydrogen-bond donors (Lipinski definition) is 2. The van der Waals surface area contributed by atoms with E-state index in [1.54, 1.807) is 6.20 Å². The molecule has 0 aliphatic heterocycles. The molecule has 3 N–H and O–H groups in total. The van der Waals surface area contributed by atoms with Crippen LogP contribution in [0.15, 0.2) is 12.3 Å². The third-order valence-corrected chi connectivity index (χ3v) is 4.75. The fourth-order valence-corrected chi connectivity index (χ4v) is 3.64. The zero-order valence-electron chi connectivity index (χ0n) is 12.5. The van der Waals surface area contributed by atoms with Gasteiger partial charge in [0.15, 0.2) is 0 Å². The van der Waals surface area contributed by atoms with Gasteiger partial charge in [-0.1, -0.05) is 44.7 Å². The van der Waals surface area contributed by atoms with Crippen LogP contribution in [0.2, 0.25) is 5.02 Å². The van der Waals surface area contributed by atoms with Crippen LogP contribution in [0.3, 0.4) is 0 Å². The first kappa shape index (κ1) is 15.6. The summed E-state index contributed by atoms with van der Waals surface area (Å²) in [6, 6.07) is 2.26. The zero-order chi connectivity index (χ0) is 14.5.